The van der Waals surface area contributed by atoms with Crippen molar-refractivity contribution in [3.63, 3.8) is 0 Å². The molecule has 3 rings (SSSR count). The Morgan fingerprint density at radius 3 is 2.32 bits per heavy atom. The van der Waals surface area contributed by atoms with Gasteiger partial charge in [-0.25, -0.2) is 14.2 Å². The minimum absolute atomic E-state index is 0.0465. The summed E-state index contributed by atoms with van der Waals surface area (Å²) in [4.78, 5) is 35.9. The van der Waals surface area contributed by atoms with E-state index in [2.05, 4.69) is 21.2 Å². The molecule has 11 heteroatoms. The van der Waals surface area contributed by atoms with E-state index in [-0.39, 0.29) is 30.9 Å². The molecule has 0 bridgehead atoms. The van der Waals surface area contributed by atoms with Gasteiger partial charge in [-0.05, 0) is 60.2 Å². The number of rotatable bonds is 11. The van der Waals surface area contributed by atoms with Crippen molar-refractivity contribution in [2.24, 2.45) is 5.10 Å². The fraction of sp³-hybridized carbons (Fsp3) is 0.154. The third kappa shape index (κ3) is 8.73. The first kappa shape index (κ1) is 26.8. The molecule has 3 aromatic carbocycles. The fourth-order valence-corrected chi connectivity index (χ4v) is 2.99. The molecule has 3 aromatic rings. The minimum Gasteiger partial charge on any atom is -0.493 e. The number of methoxy groups -OCH3 is 1. The zero-order valence-electron chi connectivity index (χ0n) is 19.8. The standard InChI is InChI=1S/C26H24F2N4O5/c1-36-23-14-17(6-11-22(23)37-16-26(35)31-21-5-3-2-4-20(21)28)15-29-32-25(34)13-12-24(33)30-19-9-7-18(27)8-10-19/h2-11,14-15H,12-13,16H2,1H3,(H,30,33)(H,31,35)(H,32,34). The van der Waals surface area contributed by atoms with Gasteiger partial charge in [-0.3, -0.25) is 14.4 Å². The number of para-hydroxylation sites is 1. The first-order valence-electron chi connectivity index (χ1n) is 11.1. The van der Waals surface area contributed by atoms with Crippen molar-refractivity contribution in [2.45, 2.75) is 12.8 Å². The molecule has 9 nitrogen and oxygen atoms in total. The van der Waals surface area contributed by atoms with E-state index in [9.17, 15) is 23.2 Å². The zero-order chi connectivity index (χ0) is 26.6. The Labute approximate surface area is 211 Å². The predicted octanol–water partition coefficient (Wildman–Crippen LogP) is 3.86. The molecule has 0 spiro atoms. The van der Waals surface area contributed by atoms with Gasteiger partial charge in [-0.1, -0.05) is 12.1 Å². The maximum Gasteiger partial charge on any atom is 0.262 e. The van der Waals surface area contributed by atoms with Crippen LogP contribution in [0.1, 0.15) is 18.4 Å². The zero-order valence-corrected chi connectivity index (χ0v) is 19.8. The van der Waals surface area contributed by atoms with Crippen LogP contribution in [-0.4, -0.2) is 37.7 Å². The van der Waals surface area contributed by atoms with Crippen LogP contribution in [0.2, 0.25) is 0 Å². The van der Waals surface area contributed by atoms with E-state index < -0.39 is 29.4 Å². The predicted molar refractivity (Wildman–Crippen MR) is 134 cm³/mol. The Morgan fingerprint density at radius 1 is 0.865 bits per heavy atom. The molecule has 0 aliphatic rings. The number of halogens is 2. The van der Waals surface area contributed by atoms with E-state index in [1.165, 1.54) is 55.8 Å². The van der Waals surface area contributed by atoms with Gasteiger partial charge in [0.25, 0.3) is 5.91 Å². The molecule has 0 saturated carbocycles. The summed E-state index contributed by atoms with van der Waals surface area (Å²) in [5, 5.41) is 8.84. The summed E-state index contributed by atoms with van der Waals surface area (Å²) in [6, 6.07) is 15.8. The monoisotopic (exact) mass is 510 g/mol. The lowest BCUT2D eigenvalue weighted by Gasteiger charge is -2.11. The number of carbonyl (C=O) groups excluding carboxylic acids is 3. The van der Waals surface area contributed by atoms with Crippen LogP contribution < -0.4 is 25.5 Å². The number of ether oxygens (including phenoxy) is 2. The third-order valence-corrected chi connectivity index (χ3v) is 4.80. The Balaban J connectivity index is 1.44. The number of hydrazone groups is 1. The quantitative estimate of drug-likeness (QED) is 0.268. The van der Waals surface area contributed by atoms with E-state index in [0.29, 0.717) is 17.0 Å². The average molecular weight is 510 g/mol. The fourth-order valence-electron chi connectivity index (χ4n) is 2.99. The molecule has 37 heavy (non-hydrogen) atoms. The molecule has 0 atom stereocenters. The van der Waals surface area contributed by atoms with Gasteiger partial charge in [0, 0.05) is 18.5 Å². The second-order valence-electron chi connectivity index (χ2n) is 7.58. The summed E-state index contributed by atoms with van der Waals surface area (Å²) in [5.41, 5.74) is 3.36. The first-order valence-corrected chi connectivity index (χ1v) is 11.1. The maximum absolute atomic E-state index is 13.7. The summed E-state index contributed by atoms with van der Waals surface area (Å²) in [6.07, 6.45) is 1.19. The third-order valence-electron chi connectivity index (χ3n) is 4.80. The second-order valence-corrected chi connectivity index (χ2v) is 7.58. The van der Waals surface area contributed by atoms with Gasteiger partial charge in [0.1, 0.15) is 11.6 Å². The molecule has 3 N–H and O–H groups in total. The van der Waals surface area contributed by atoms with Crippen molar-refractivity contribution in [3.05, 3.63) is 83.9 Å². The average Bonchev–Trinajstić information content (AvgIpc) is 2.89. The van der Waals surface area contributed by atoms with Crippen molar-refractivity contribution < 1.29 is 32.6 Å². The highest BCUT2D eigenvalue weighted by atomic mass is 19.1. The maximum atomic E-state index is 13.7. The van der Waals surface area contributed by atoms with Crippen LogP contribution >= 0.6 is 0 Å². The number of hydrogen-bond donors (Lipinski definition) is 3. The molecule has 0 heterocycles. The molecule has 3 amide bonds. The summed E-state index contributed by atoms with van der Waals surface area (Å²) in [5.74, 6) is -1.80. The Bertz CT molecular complexity index is 1280. The van der Waals surface area contributed by atoms with Gasteiger partial charge in [-0.2, -0.15) is 5.10 Å². The van der Waals surface area contributed by atoms with Crippen molar-refractivity contribution in [1.82, 2.24) is 5.43 Å². The molecule has 0 aliphatic heterocycles. The number of nitrogens with zero attached hydrogens (tertiary/aromatic N) is 1. The molecule has 0 aromatic heterocycles. The van der Waals surface area contributed by atoms with Crippen molar-refractivity contribution >= 4 is 35.3 Å². The summed E-state index contributed by atoms with van der Waals surface area (Å²) in [7, 11) is 1.42. The van der Waals surface area contributed by atoms with E-state index >= 15 is 0 Å². The van der Waals surface area contributed by atoms with E-state index in [1.54, 1.807) is 24.3 Å². The summed E-state index contributed by atoms with van der Waals surface area (Å²) < 4.78 is 37.3. The van der Waals surface area contributed by atoms with Crippen molar-refractivity contribution in [2.75, 3.05) is 24.4 Å². The first-order chi connectivity index (χ1) is 17.8. The van der Waals surface area contributed by atoms with Gasteiger partial charge < -0.3 is 20.1 Å². The van der Waals surface area contributed by atoms with Crippen molar-refractivity contribution in [1.29, 1.82) is 0 Å². The molecular weight excluding hydrogens is 486 g/mol. The molecule has 0 aliphatic carbocycles. The lowest BCUT2D eigenvalue weighted by Crippen LogP contribution is -2.21. The Hall–Kier alpha value is -4.80. The van der Waals surface area contributed by atoms with E-state index in [4.69, 9.17) is 9.47 Å². The highest BCUT2D eigenvalue weighted by molar-refractivity contribution is 5.93. The smallest absolute Gasteiger partial charge is 0.262 e. The van der Waals surface area contributed by atoms with Crippen LogP contribution in [0.5, 0.6) is 11.5 Å². The Morgan fingerprint density at radius 2 is 1.59 bits per heavy atom. The van der Waals surface area contributed by atoms with E-state index in [0.717, 1.165) is 0 Å². The lowest BCUT2D eigenvalue weighted by atomic mass is 10.2. The number of anilines is 2. The Kier molecular flexibility index (Phi) is 9.66. The van der Waals surface area contributed by atoms with Gasteiger partial charge in [0.05, 0.1) is 19.0 Å². The number of amides is 3. The second kappa shape index (κ2) is 13.3. The number of carbonyl (C=O) groups is 3. The number of nitrogens with one attached hydrogen (secondary N) is 3. The molecule has 192 valence electrons. The molecule has 0 radical (unpaired) electrons. The normalized spacial score (nSPS) is 10.6. The van der Waals surface area contributed by atoms with Gasteiger partial charge >= 0.3 is 0 Å². The van der Waals surface area contributed by atoms with Crippen LogP contribution in [0.25, 0.3) is 0 Å². The highest BCUT2D eigenvalue weighted by Gasteiger charge is 2.11. The largest absolute Gasteiger partial charge is 0.493 e. The summed E-state index contributed by atoms with van der Waals surface area (Å²) in [6.45, 7) is -0.372. The molecule has 0 unspecified atom stereocenters. The van der Waals surface area contributed by atoms with Crippen LogP contribution in [0.15, 0.2) is 71.8 Å². The molecule has 0 fully saturated rings. The number of hydrogen-bond acceptors (Lipinski definition) is 6. The van der Waals surface area contributed by atoms with Crippen LogP contribution in [-0.2, 0) is 14.4 Å². The molecule has 0 saturated heterocycles. The summed E-state index contributed by atoms with van der Waals surface area (Å²) >= 11 is 0. The van der Waals surface area contributed by atoms with E-state index in [1.807, 2.05) is 0 Å². The highest BCUT2D eigenvalue weighted by Crippen LogP contribution is 2.27. The van der Waals surface area contributed by atoms with Crippen molar-refractivity contribution in [3.8, 4) is 11.5 Å². The van der Waals surface area contributed by atoms with Gasteiger partial charge in [-0.15, -0.1) is 0 Å². The van der Waals surface area contributed by atoms with Gasteiger partial charge in [0.2, 0.25) is 11.8 Å². The topological polar surface area (TPSA) is 118 Å². The van der Waals surface area contributed by atoms with Crippen LogP contribution in [0.3, 0.4) is 0 Å². The number of benzene rings is 3. The van der Waals surface area contributed by atoms with Crippen LogP contribution in [0.4, 0.5) is 20.2 Å². The van der Waals surface area contributed by atoms with Gasteiger partial charge in [0.15, 0.2) is 18.1 Å². The molecular formula is C26H24F2N4O5. The van der Waals surface area contributed by atoms with Crippen LogP contribution in [0, 0.1) is 11.6 Å². The SMILES string of the molecule is COc1cc(C=NNC(=O)CCC(=O)Nc2ccc(F)cc2)ccc1OCC(=O)Nc1ccccc1F. The minimum atomic E-state index is -0.558. The lowest BCUT2D eigenvalue weighted by molar-refractivity contribution is -0.124.